The Balaban J connectivity index is 1.83. The summed E-state index contributed by atoms with van der Waals surface area (Å²) in [6.45, 7) is 13.5. The van der Waals surface area contributed by atoms with Crippen LogP contribution in [0.4, 0.5) is 0 Å². The van der Waals surface area contributed by atoms with E-state index in [1.54, 1.807) is 0 Å². The zero-order valence-electron chi connectivity index (χ0n) is 13.8. The summed E-state index contributed by atoms with van der Waals surface area (Å²) in [6.07, 6.45) is 3.52. The Morgan fingerprint density at radius 1 is 1.24 bits per heavy atom. The average Bonchev–Trinajstić information content (AvgIpc) is 2.47. The Morgan fingerprint density at radius 2 is 1.90 bits per heavy atom. The Bertz CT molecular complexity index is 421. The second-order valence-corrected chi connectivity index (χ2v) is 7.18. The van der Waals surface area contributed by atoms with Gasteiger partial charge in [0.05, 0.1) is 6.10 Å². The molecule has 1 fully saturated rings. The minimum Gasteiger partial charge on any atom is -0.391 e. The lowest BCUT2D eigenvalue weighted by atomic mass is 9.89. The first kappa shape index (κ1) is 16.4. The molecule has 4 heteroatoms. The van der Waals surface area contributed by atoms with E-state index < -0.39 is 0 Å². The second-order valence-electron chi connectivity index (χ2n) is 7.18. The van der Waals surface area contributed by atoms with Gasteiger partial charge >= 0.3 is 0 Å². The summed E-state index contributed by atoms with van der Waals surface area (Å²) in [7, 11) is 0. The monoisotopic (exact) mass is 291 g/mol. The quantitative estimate of drug-likeness (QED) is 0.923. The highest BCUT2D eigenvalue weighted by molar-refractivity contribution is 5.13. The summed E-state index contributed by atoms with van der Waals surface area (Å²) in [5.74, 6) is 0. The van der Waals surface area contributed by atoms with Crippen LogP contribution in [-0.4, -0.2) is 58.7 Å². The normalized spacial score (nSPS) is 21.2. The van der Waals surface area contributed by atoms with Crippen molar-refractivity contribution in [3.8, 4) is 0 Å². The lowest BCUT2D eigenvalue weighted by Crippen LogP contribution is -2.50. The third-order valence-electron chi connectivity index (χ3n) is 4.55. The molecule has 2 atom stereocenters. The molecule has 1 N–H and O–H groups in total. The molecule has 1 aliphatic rings. The zero-order valence-corrected chi connectivity index (χ0v) is 13.8. The van der Waals surface area contributed by atoms with Crippen molar-refractivity contribution in [2.24, 2.45) is 5.41 Å². The molecule has 1 aromatic heterocycles. The van der Waals surface area contributed by atoms with E-state index in [9.17, 15) is 5.11 Å². The number of aromatic nitrogens is 1. The van der Waals surface area contributed by atoms with Crippen molar-refractivity contribution in [3.05, 3.63) is 30.1 Å². The molecular formula is C17H29N3O. The molecule has 21 heavy (non-hydrogen) atoms. The van der Waals surface area contributed by atoms with Gasteiger partial charge in [0, 0.05) is 51.2 Å². The van der Waals surface area contributed by atoms with Crippen LogP contribution in [0.1, 0.15) is 39.3 Å². The predicted molar refractivity (Wildman–Crippen MR) is 86.1 cm³/mol. The van der Waals surface area contributed by atoms with Gasteiger partial charge in [-0.15, -0.1) is 0 Å². The van der Waals surface area contributed by atoms with Gasteiger partial charge in [-0.05, 0) is 24.0 Å². The fraction of sp³-hybridized carbons (Fsp3) is 0.706. The van der Waals surface area contributed by atoms with Gasteiger partial charge in [-0.2, -0.15) is 0 Å². The third-order valence-corrected chi connectivity index (χ3v) is 4.55. The van der Waals surface area contributed by atoms with Crippen LogP contribution < -0.4 is 0 Å². The summed E-state index contributed by atoms with van der Waals surface area (Å²) in [5, 5.41) is 10.2. The number of aliphatic hydroxyl groups is 1. The third kappa shape index (κ3) is 4.50. The zero-order chi connectivity index (χ0) is 15.5. The number of nitrogens with zero attached hydrogens (tertiary/aromatic N) is 3. The van der Waals surface area contributed by atoms with Crippen molar-refractivity contribution in [1.82, 2.24) is 14.8 Å². The fourth-order valence-corrected chi connectivity index (χ4v) is 2.69. The smallest absolute Gasteiger partial charge is 0.0715 e. The number of hydrogen-bond acceptors (Lipinski definition) is 4. The van der Waals surface area contributed by atoms with Crippen molar-refractivity contribution >= 4 is 0 Å². The van der Waals surface area contributed by atoms with Gasteiger partial charge in [-0.3, -0.25) is 14.8 Å². The highest BCUT2D eigenvalue weighted by Crippen LogP contribution is 2.23. The topological polar surface area (TPSA) is 39.6 Å². The Morgan fingerprint density at radius 3 is 2.43 bits per heavy atom. The van der Waals surface area contributed by atoms with Crippen LogP contribution in [0, 0.1) is 5.41 Å². The molecule has 0 bridgehead atoms. The van der Waals surface area contributed by atoms with Crippen molar-refractivity contribution in [1.29, 1.82) is 0 Å². The molecular weight excluding hydrogens is 262 g/mol. The highest BCUT2D eigenvalue weighted by Gasteiger charge is 2.27. The minimum atomic E-state index is -0.264. The Hall–Kier alpha value is -0.970. The maximum Gasteiger partial charge on any atom is 0.0715 e. The Kier molecular flexibility index (Phi) is 5.36. The molecule has 0 spiro atoms. The summed E-state index contributed by atoms with van der Waals surface area (Å²) >= 11 is 0. The van der Waals surface area contributed by atoms with Crippen LogP contribution >= 0.6 is 0 Å². The van der Waals surface area contributed by atoms with E-state index in [0.29, 0.717) is 6.04 Å². The van der Waals surface area contributed by atoms with Crippen LogP contribution in [0.15, 0.2) is 24.5 Å². The number of piperazine rings is 1. The van der Waals surface area contributed by atoms with Gasteiger partial charge in [0.1, 0.15) is 0 Å². The lowest BCUT2D eigenvalue weighted by molar-refractivity contribution is 0.00867. The second kappa shape index (κ2) is 6.86. The Labute approximate surface area is 128 Å². The van der Waals surface area contributed by atoms with Crippen LogP contribution in [0.2, 0.25) is 0 Å². The van der Waals surface area contributed by atoms with Gasteiger partial charge in [-0.25, -0.2) is 0 Å². The van der Waals surface area contributed by atoms with Gasteiger partial charge in [0.15, 0.2) is 0 Å². The van der Waals surface area contributed by atoms with E-state index in [0.717, 1.165) is 32.7 Å². The molecule has 1 aliphatic heterocycles. The van der Waals surface area contributed by atoms with Gasteiger partial charge in [0.2, 0.25) is 0 Å². The molecule has 1 aromatic rings. The summed E-state index contributed by atoms with van der Waals surface area (Å²) in [6, 6.07) is 4.56. The first-order valence-corrected chi connectivity index (χ1v) is 7.92. The fourth-order valence-electron chi connectivity index (χ4n) is 2.69. The molecule has 118 valence electrons. The maximum atomic E-state index is 10.2. The van der Waals surface area contributed by atoms with Crippen molar-refractivity contribution < 1.29 is 5.11 Å². The summed E-state index contributed by atoms with van der Waals surface area (Å²) in [5.41, 5.74) is 1.24. The number of β-amino-alcohol motifs (C(OH)–C–C–N with tert-alkyl or cyclic N) is 1. The molecule has 4 nitrogen and oxygen atoms in total. The maximum absolute atomic E-state index is 10.2. The van der Waals surface area contributed by atoms with E-state index in [-0.39, 0.29) is 11.5 Å². The van der Waals surface area contributed by atoms with Crippen molar-refractivity contribution in [3.63, 3.8) is 0 Å². The minimum absolute atomic E-state index is 0.0415. The first-order valence-electron chi connectivity index (χ1n) is 7.92. The number of aliphatic hydroxyl groups excluding tert-OH is 1. The van der Waals surface area contributed by atoms with E-state index in [1.165, 1.54) is 5.56 Å². The van der Waals surface area contributed by atoms with Crippen molar-refractivity contribution in [2.75, 3.05) is 32.7 Å². The molecule has 0 aliphatic carbocycles. The van der Waals surface area contributed by atoms with E-state index >= 15 is 0 Å². The van der Waals surface area contributed by atoms with Crippen LogP contribution in [0.25, 0.3) is 0 Å². The average molecular weight is 291 g/mol. The van der Waals surface area contributed by atoms with Crippen molar-refractivity contribution in [2.45, 2.75) is 39.8 Å². The molecule has 2 heterocycles. The van der Waals surface area contributed by atoms with Gasteiger partial charge in [0.25, 0.3) is 0 Å². The number of hydrogen-bond donors (Lipinski definition) is 1. The SMILES string of the molecule is CC(c1cccnc1)N1CCN(CC(O)C(C)(C)C)CC1. The lowest BCUT2D eigenvalue weighted by Gasteiger charge is -2.40. The van der Waals surface area contributed by atoms with Gasteiger partial charge in [-0.1, -0.05) is 26.8 Å². The molecule has 0 saturated carbocycles. The largest absolute Gasteiger partial charge is 0.391 e. The number of pyridine rings is 1. The standard InChI is InChI=1S/C17H29N3O/c1-14(15-6-5-7-18-12-15)20-10-8-19(9-11-20)13-16(21)17(2,3)4/h5-7,12,14,16,21H,8-11,13H2,1-4H3. The predicted octanol–water partition coefficient (Wildman–Crippen LogP) is 2.17. The molecule has 2 unspecified atom stereocenters. The molecule has 0 radical (unpaired) electrons. The molecule has 0 aromatic carbocycles. The molecule has 2 rings (SSSR count). The van der Waals surface area contributed by atoms with Crippen LogP contribution in [0.5, 0.6) is 0 Å². The molecule has 0 amide bonds. The van der Waals surface area contributed by atoms with Crippen LogP contribution in [0.3, 0.4) is 0 Å². The number of rotatable bonds is 4. The first-order chi connectivity index (χ1) is 9.88. The van der Waals surface area contributed by atoms with E-state index in [4.69, 9.17) is 0 Å². The highest BCUT2D eigenvalue weighted by atomic mass is 16.3. The van der Waals surface area contributed by atoms with Gasteiger partial charge < -0.3 is 5.11 Å². The summed E-state index contributed by atoms with van der Waals surface area (Å²) in [4.78, 5) is 9.09. The summed E-state index contributed by atoms with van der Waals surface area (Å²) < 4.78 is 0. The molecule has 1 saturated heterocycles. The van der Waals surface area contributed by atoms with Crippen LogP contribution in [-0.2, 0) is 0 Å². The van der Waals surface area contributed by atoms with E-state index in [2.05, 4.69) is 48.5 Å². The van der Waals surface area contributed by atoms with E-state index in [1.807, 2.05) is 18.5 Å².